The number of sulfone groups is 1. The van der Waals surface area contributed by atoms with Gasteiger partial charge < -0.3 is 20.7 Å². The number of aryl methyl sites for hydroxylation is 1. The van der Waals surface area contributed by atoms with Crippen LogP contribution in [0.1, 0.15) is 19.2 Å². The molecule has 3 aromatic rings. The van der Waals surface area contributed by atoms with Crippen LogP contribution in [0, 0.1) is 6.92 Å². The summed E-state index contributed by atoms with van der Waals surface area (Å²) in [6.45, 7) is 6.00. The zero-order valence-corrected chi connectivity index (χ0v) is 18.9. The number of benzene rings is 1. The van der Waals surface area contributed by atoms with Crippen molar-refractivity contribution in [2.24, 2.45) is 0 Å². The van der Waals surface area contributed by atoms with Gasteiger partial charge in [-0.15, -0.1) is 0 Å². The molecule has 0 radical (unpaired) electrons. The average molecular weight is 461 g/mol. The highest BCUT2D eigenvalue weighted by Crippen LogP contribution is 2.31. The van der Waals surface area contributed by atoms with Crippen molar-refractivity contribution >= 4 is 37.9 Å². The fourth-order valence-electron chi connectivity index (χ4n) is 3.26. The van der Waals surface area contributed by atoms with E-state index in [0.717, 1.165) is 36.7 Å². The molecule has 0 saturated carbocycles. The molecular weight excluding hydrogens is 436 g/mol. The molecule has 4 rings (SSSR count). The summed E-state index contributed by atoms with van der Waals surface area (Å²) in [5, 5.41) is 10.2. The summed E-state index contributed by atoms with van der Waals surface area (Å²) in [5.41, 5.74) is 0. The van der Waals surface area contributed by atoms with Crippen molar-refractivity contribution in [1.29, 1.82) is 0 Å². The molecule has 1 atom stereocenters. The van der Waals surface area contributed by atoms with E-state index >= 15 is 0 Å². The summed E-state index contributed by atoms with van der Waals surface area (Å²) < 4.78 is 31.6. The Hall–Kier alpha value is -2.76. The largest absolute Gasteiger partial charge is 0.494 e. The zero-order chi connectivity index (χ0) is 21.8. The molecule has 1 aliphatic heterocycles. The Balaban J connectivity index is 1.52. The first-order chi connectivity index (χ1) is 14.9. The average Bonchev–Trinajstić information content (AvgIpc) is 3.40. The van der Waals surface area contributed by atoms with Crippen molar-refractivity contribution in [3.63, 3.8) is 0 Å². The minimum absolute atomic E-state index is 0.143. The van der Waals surface area contributed by atoms with Gasteiger partial charge in [0, 0.05) is 18.7 Å². The lowest BCUT2D eigenvalue weighted by molar-refractivity contribution is 0.339. The molecule has 0 aliphatic carbocycles. The first kappa shape index (κ1) is 21.5. The van der Waals surface area contributed by atoms with Gasteiger partial charge in [-0.1, -0.05) is 17.4 Å². The maximum atomic E-state index is 13.0. The number of rotatable bonds is 8. The quantitative estimate of drug-likeness (QED) is 0.466. The van der Waals surface area contributed by atoms with Gasteiger partial charge in [0.25, 0.3) is 0 Å². The monoisotopic (exact) mass is 460 g/mol. The number of nitrogens with one attached hydrogen (secondary N) is 3. The van der Waals surface area contributed by atoms with E-state index in [4.69, 9.17) is 4.74 Å². The standard InChI is InChI=1S/C20H24N6O3S2/c1-3-29-15-5-4-6-16(9-15)31(27,28)19-12-22-20(30-19)26-18-10-17(23-13(2)24-18)25-14-7-8-21-11-14/h4-6,9-10,12,14,21H,3,7-8,11H2,1-2H3,(H2,22,23,24,25,26). The van der Waals surface area contributed by atoms with E-state index in [0.29, 0.717) is 35.2 Å². The fourth-order valence-corrected chi connectivity index (χ4v) is 5.73. The van der Waals surface area contributed by atoms with Crippen LogP contribution in [-0.4, -0.2) is 49.1 Å². The van der Waals surface area contributed by atoms with Crippen LogP contribution in [0.5, 0.6) is 5.75 Å². The third-order valence-electron chi connectivity index (χ3n) is 4.66. The highest BCUT2D eigenvalue weighted by Gasteiger charge is 2.22. The topological polar surface area (TPSA) is 118 Å². The van der Waals surface area contributed by atoms with Gasteiger partial charge in [0.2, 0.25) is 9.84 Å². The summed E-state index contributed by atoms with van der Waals surface area (Å²) in [4.78, 5) is 13.2. The molecule has 3 heterocycles. The van der Waals surface area contributed by atoms with Gasteiger partial charge in [-0.05, 0) is 45.0 Å². The molecule has 11 heteroatoms. The van der Waals surface area contributed by atoms with E-state index in [9.17, 15) is 8.42 Å². The summed E-state index contributed by atoms with van der Waals surface area (Å²) in [6, 6.07) is 8.59. The van der Waals surface area contributed by atoms with E-state index in [-0.39, 0.29) is 9.10 Å². The Kier molecular flexibility index (Phi) is 6.35. The Morgan fingerprint density at radius 1 is 1.26 bits per heavy atom. The minimum atomic E-state index is -3.70. The number of hydrogen-bond acceptors (Lipinski definition) is 10. The highest BCUT2D eigenvalue weighted by molar-refractivity contribution is 7.93. The van der Waals surface area contributed by atoms with Crippen molar-refractivity contribution in [3.05, 3.63) is 42.4 Å². The van der Waals surface area contributed by atoms with Crippen molar-refractivity contribution in [2.75, 3.05) is 30.3 Å². The van der Waals surface area contributed by atoms with Crippen LogP contribution in [0.3, 0.4) is 0 Å². The number of ether oxygens (including phenoxy) is 1. The second kappa shape index (κ2) is 9.16. The van der Waals surface area contributed by atoms with Gasteiger partial charge in [0.05, 0.1) is 17.7 Å². The predicted molar refractivity (Wildman–Crippen MR) is 120 cm³/mol. The van der Waals surface area contributed by atoms with Crippen LogP contribution < -0.4 is 20.7 Å². The van der Waals surface area contributed by atoms with Crippen LogP contribution in [0.25, 0.3) is 0 Å². The summed E-state index contributed by atoms with van der Waals surface area (Å²) in [5.74, 6) is 2.40. The van der Waals surface area contributed by atoms with E-state index in [1.807, 2.05) is 13.8 Å². The number of anilines is 3. The van der Waals surface area contributed by atoms with E-state index in [1.54, 1.807) is 24.3 Å². The number of thiazole rings is 1. The second-order valence-electron chi connectivity index (χ2n) is 7.04. The van der Waals surface area contributed by atoms with Gasteiger partial charge in [-0.25, -0.2) is 23.4 Å². The Bertz CT molecular complexity index is 1160. The lowest BCUT2D eigenvalue weighted by Crippen LogP contribution is -2.23. The molecule has 0 spiro atoms. The molecule has 31 heavy (non-hydrogen) atoms. The SMILES string of the molecule is CCOc1cccc(S(=O)(=O)c2cnc(Nc3cc(NC4CCNC4)nc(C)n3)s2)c1. The number of aromatic nitrogens is 3. The number of hydrogen-bond donors (Lipinski definition) is 3. The molecule has 1 unspecified atom stereocenters. The molecule has 3 N–H and O–H groups in total. The summed E-state index contributed by atoms with van der Waals surface area (Å²) >= 11 is 1.05. The first-order valence-corrected chi connectivity index (χ1v) is 12.3. The normalized spacial score (nSPS) is 16.3. The van der Waals surface area contributed by atoms with E-state index in [2.05, 4.69) is 30.9 Å². The summed E-state index contributed by atoms with van der Waals surface area (Å²) in [7, 11) is -3.70. The third-order valence-corrected chi connectivity index (χ3v) is 7.79. The molecule has 1 aromatic carbocycles. The lowest BCUT2D eigenvalue weighted by atomic mass is 10.2. The van der Waals surface area contributed by atoms with Crippen LogP contribution >= 0.6 is 11.3 Å². The van der Waals surface area contributed by atoms with Gasteiger partial charge in [-0.2, -0.15) is 0 Å². The van der Waals surface area contributed by atoms with Crippen LogP contribution in [-0.2, 0) is 9.84 Å². The Labute approximate surface area is 185 Å². The molecule has 9 nitrogen and oxygen atoms in total. The molecule has 0 amide bonds. The minimum Gasteiger partial charge on any atom is -0.494 e. The van der Waals surface area contributed by atoms with Crippen molar-refractivity contribution in [3.8, 4) is 5.75 Å². The molecule has 1 fully saturated rings. The first-order valence-electron chi connectivity index (χ1n) is 9.98. The second-order valence-corrected chi connectivity index (χ2v) is 10.2. The third kappa shape index (κ3) is 5.12. The van der Waals surface area contributed by atoms with Crippen molar-refractivity contribution in [1.82, 2.24) is 20.3 Å². The maximum absolute atomic E-state index is 13.0. The molecule has 1 saturated heterocycles. The smallest absolute Gasteiger partial charge is 0.217 e. The highest BCUT2D eigenvalue weighted by atomic mass is 32.2. The van der Waals surface area contributed by atoms with Crippen molar-refractivity contribution < 1.29 is 13.2 Å². The molecule has 164 valence electrons. The summed E-state index contributed by atoms with van der Waals surface area (Å²) in [6.07, 6.45) is 2.39. The fraction of sp³-hybridized carbons (Fsp3) is 0.350. The molecular formula is C20H24N6O3S2. The number of nitrogens with zero attached hydrogens (tertiary/aromatic N) is 3. The molecule has 0 bridgehead atoms. The Morgan fingerprint density at radius 2 is 2.10 bits per heavy atom. The van der Waals surface area contributed by atoms with E-state index in [1.165, 1.54) is 12.3 Å². The van der Waals surface area contributed by atoms with Gasteiger partial charge in [0.15, 0.2) is 5.13 Å². The zero-order valence-electron chi connectivity index (χ0n) is 17.3. The predicted octanol–water partition coefficient (Wildman–Crippen LogP) is 2.99. The van der Waals surface area contributed by atoms with Gasteiger partial charge in [0.1, 0.15) is 27.4 Å². The molecule has 1 aliphatic rings. The van der Waals surface area contributed by atoms with Crippen LogP contribution in [0.4, 0.5) is 16.8 Å². The van der Waals surface area contributed by atoms with E-state index < -0.39 is 9.84 Å². The lowest BCUT2D eigenvalue weighted by Gasteiger charge is -2.13. The van der Waals surface area contributed by atoms with Gasteiger partial charge in [-0.3, -0.25) is 0 Å². The Morgan fingerprint density at radius 3 is 2.87 bits per heavy atom. The maximum Gasteiger partial charge on any atom is 0.217 e. The van der Waals surface area contributed by atoms with Crippen LogP contribution in [0.15, 0.2) is 45.6 Å². The van der Waals surface area contributed by atoms with Gasteiger partial charge >= 0.3 is 0 Å². The van der Waals surface area contributed by atoms with Crippen LogP contribution in [0.2, 0.25) is 0 Å². The van der Waals surface area contributed by atoms with Crippen molar-refractivity contribution in [2.45, 2.75) is 35.4 Å². The molecule has 2 aromatic heterocycles.